The van der Waals surface area contributed by atoms with Crippen LogP contribution in [0.2, 0.25) is 5.02 Å². The quantitative estimate of drug-likeness (QED) is 0.834. The fourth-order valence-electron chi connectivity index (χ4n) is 2.41. The molecule has 24 heavy (non-hydrogen) atoms. The van der Waals surface area contributed by atoms with Crippen LogP contribution >= 0.6 is 11.6 Å². The SMILES string of the molecule is CN1C[C@@H](C(=O)NCc2ccc(F)c(C(F)(F)F)c2Cl)N(C)C1=O. The van der Waals surface area contributed by atoms with Crippen LogP contribution in [0, 0.1) is 5.82 Å². The lowest BCUT2D eigenvalue weighted by Crippen LogP contribution is -2.43. The highest BCUT2D eigenvalue weighted by Gasteiger charge is 2.39. The zero-order chi connectivity index (χ0) is 18.2. The summed E-state index contributed by atoms with van der Waals surface area (Å²) in [5, 5.41) is 1.62. The highest BCUT2D eigenvalue weighted by molar-refractivity contribution is 6.32. The molecular formula is C14H14ClF4N3O2. The zero-order valence-electron chi connectivity index (χ0n) is 12.7. The number of halogens is 5. The Morgan fingerprint density at radius 3 is 2.50 bits per heavy atom. The number of carbonyl (C=O) groups is 2. The first-order valence-corrected chi connectivity index (χ1v) is 7.21. The first kappa shape index (κ1) is 18.3. The summed E-state index contributed by atoms with van der Waals surface area (Å²) in [6.45, 7) is -0.157. The Balaban J connectivity index is 2.13. The van der Waals surface area contributed by atoms with Crippen molar-refractivity contribution >= 4 is 23.5 Å². The highest BCUT2D eigenvalue weighted by Crippen LogP contribution is 2.38. The molecule has 2 rings (SSSR count). The average Bonchev–Trinajstić information content (AvgIpc) is 2.72. The molecule has 0 aromatic heterocycles. The highest BCUT2D eigenvalue weighted by atomic mass is 35.5. The first-order chi connectivity index (χ1) is 11.0. The van der Waals surface area contributed by atoms with E-state index in [-0.39, 0.29) is 24.7 Å². The van der Waals surface area contributed by atoms with Gasteiger partial charge in [0.25, 0.3) is 0 Å². The van der Waals surface area contributed by atoms with Gasteiger partial charge in [0.1, 0.15) is 17.4 Å². The molecule has 1 aromatic carbocycles. The van der Waals surface area contributed by atoms with Gasteiger partial charge in [-0.1, -0.05) is 17.7 Å². The van der Waals surface area contributed by atoms with E-state index in [1.807, 2.05) is 0 Å². The van der Waals surface area contributed by atoms with Crippen molar-refractivity contribution in [2.45, 2.75) is 18.8 Å². The second-order valence-corrected chi connectivity index (χ2v) is 5.78. The van der Waals surface area contributed by atoms with Gasteiger partial charge in [-0.3, -0.25) is 4.79 Å². The maximum absolute atomic E-state index is 13.4. The number of benzene rings is 1. The predicted octanol–water partition coefficient (Wildman–Crippen LogP) is 2.48. The van der Waals surface area contributed by atoms with Crippen molar-refractivity contribution in [1.29, 1.82) is 0 Å². The van der Waals surface area contributed by atoms with E-state index in [0.29, 0.717) is 6.07 Å². The summed E-state index contributed by atoms with van der Waals surface area (Å²) in [7, 11) is 2.97. The van der Waals surface area contributed by atoms with Crippen molar-refractivity contribution in [2.24, 2.45) is 0 Å². The maximum atomic E-state index is 13.4. The predicted molar refractivity (Wildman–Crippen MR) is 77.8 cm³/mol. The zero-order valence-corrected chi connectivity index (χ0v) is 13.5. The summed E-state index contributed by atoms with van der Waals surface area (Å²) < 4.78 is 51.8. The van der Waals surface area contributed by atoms with Gasteiger partial charge in [0.2, 0.25) is 5.91 Å². The lowest BCUT2D eigenvalue weighted by Gasteiger charge is -2.18. The van der Waals surface area contributed by atoms with Crippen LogP contribution in [0.5, 0.6) is 0 Å². The number of nitrogens with zero attached hydrogens (tertiary/aromatic N) is 2. The average molecular weight is 368 g/mol. The van der Waals surface area contributed by atoms with Gasteiger partial charge in [0, 0.05) is 20.6 Å². The van der Waals surface area contributed by atoms with E-state index < -0.39 is 34.5 Å². The number of amides is 3. The summed E-state index contributed by atoms with van der Waals surface area (Å²) in [6.07, 6.45) is -4.94. The molecule has 5 nitrogen and oxygen atoms in total. The number of likely N-dealkylation sites (N-methyl/N-ethyl adjacent to an activating group) is 2. The van der Waals surface area contributed by atoms with Gasteiger partial charge in [-0.05, 0) is 11.6 Å². The molecule has 0 spiro atoms. The Morgan fingerprint density at radius 1 is 1.38 bits per heavy atom. The van der Waals surface area contributed by atoms with Gasteiger partial charge in [-0.25, -0.2) is 9.18 Å². The monoisotopic (exact) mass is 367 g/mol. The van der Waals surface area contributed by atoms with Gasteiger partial charge < -0.3 is 15.1 Å². The number of rotatable bonds is 3. The van der Waals surface area contributed by atoms with E-state index in [1.165, 1.54) is 23.9 Å². The molecule has 1 fully saturated rings. The van der Waals surface area contributed by atoms with Crippen LogP contribution in [0.3, 0.4) is 0 Å². The van der Waals surface area contributed by atoms with E-state index >= 15 is 0 Å². The molecule has 132 valence electrons. The van der Waals surface area contributed by atoms with E-state index in [4.69, 9.17) is 11.6 Å². The third-order valence-corrected chi connectivity index (χ3v) is 4.18. The van der Waals surface area contributed by atoms with Gasteiger partial charge in [-0.15, -0.1) is 0 Å². The largest absolute Gasteiger partial charge is 0.420 e. The molecule has 1 aliphatic rings. The Morgan fingerprint density at radius 2 is 2.00 bits per heavy atom. The molecular weight excluding hydrogens is 354 g/mol. The summed E-state index contributed by atoms with van der Waals surface area (Å²) in [5.74, 6) is -2.02. The lowest BCUT2D eigenvalue weighted by molar-refractivity contribution is -0.139. The number of alkyl halides is 3. The van der Waals surface area contributed by atoms with E-state index in [0.717, 1.165) is 6.07 Å². The number of carbonyl (C=O) groups excluding carboxylic acids is 2. The second-order valence-electron chi connectivity index (χ2n) is 5.40. The van der Waals surface area contributed by atoms with Crippen LogP contribution in [0.15, 0.2) is 12.1 Å². The van der Waals surface area contributed by atoms with Crippen molar-refractivity contribution in [3.8, 4) is 0 Å². The minimum atomic E-state index is -4.94. The number of hydrogen-bond acceptors (Lipinski definition) is 2. The molecule has 1 atom stereocenters. The van der Waals surface area contributed by atoms with Crippen molar-refractivity contribution in [3.05, 3.63) is 34.1 Å². The molecule has 0 aliphatic carbocycles. The number of hydrogen-bond donors (Lipinski definition) is 1. The molecule has 10 heteroatoms. The van der Waals surface area contributed by atoms with Crippen LogP contribution in [0.4, 0.5) is 22.4 Å². The lowest BCUT2D eigenvalue weighted by atomic mass is 10.1. The Bertz CT molecular complexity index is 681. The Hall–Kier alpha value is -2.03. The standard InChI is InChI=1S/C14H14ClF4N3O2/c1-21-6-9(22(2)13(21)24)12(23)20-5-7-3-4-8(16)10(11(7)15)14(17,18)19/h3-4,9H,5-6H2,1-2H3,(H,20,23)/t9-/m0/s1. The van der Waals surface area contributed by atoms with Crippen LogP contribution in [-0.4, -0.2) is 48.4 Å². The van der Waals surface area contributed by atoms with Crippen molar-refractivity contribution in [2.75, 3.05) is 20.6 Å². The maximum Gasteiger partial charge on any atom is 0.420 e. The second kappa shape index (κ2) is 6.46. The van der Waals surface area contributed by atoms with E-state index in [2.05, 4.69) is 5.32 Å². The van der Waals surface area contributed by atoms with E-state index in [1.54, 1.807) is 0 Å². The molecule has 0 bridgehead atoms. The Labute approximate surface area is 140 Å². The van der Waals surface area contributed by atoms with Crippen molar-refractivity contribution < 1.29 is 27.2 Å². The van der Waals surface area contributed by atoms with Crippen LogP contribution in [0.1, 0.15) is 11.1 Å². The normalized spacial score (nSPS) is 18.3. The number of urea groups is 1. The molecule has 0 unspecified atom stereocenters. The van der Waals surface area contributed by atoms with Gasteiger partial charge in [-0.2, -0.15) is 13.2 Å². The van der Waals surface area contributed by atoms with Gasteiger partial charge in [0.05, 0.1) is 11.6 Å². The summed E-state index contributed by atoms with van der Waals surface area (Å²) in [6, 6.07) is 0.621. The molecule has 0 radical (unpaired) electrons. The van der Waals surface area contributed by atoms with Crippen LogP contribution in [0.25, 0.3) is 0 Å². The van der Waals surface area contributed by atoms with Crippen molar-refractivity contribution in [3.63, 3.8) is 0 Å². The number of nitrogens with one attached hydrogen (secondary N) is 1. The summed E-state index contributed by atoms with van der Waals surface area (Å²) in [4.78, 5) is 26.3. The first-order valence-electron chi connectivity index (χ1n) is 6.83. The molecule has 1 heterocycles. The molecule has 1 N–H and O–H groups in total. The van der Waals surface area contributed by atoms with Gasteiger partial charge in [0.15, 0.2) is 0 Å². The molecule has 0 saturated carbocycles. The smallest absolute Gasteiger partial charge is 0.350 e. The molecule has 1 aromatic rings. The molecule has 1 saturated heterocycles. The molecule has 3 amide bonds. The fraction of sp³-hybridized carbons (Fsp3) is 0.429. The van der Waals surface area contributed by atoms with E-state index in [9.17, 15) is 27.2 Å². The topological polar surface area (TPSA) is 52.7 Å². The van der Waals surface area contributed by atoms with Crippen LogP contribution in [-0.2, 0) is 17.5 Å². The Kier molecular flexibility index (Phi) is 4.93. The third kappa shape index (κ3) is 3.40. The molecule has 1 aliphatic heterocycles. The van der Waals surface area contributed by atoms with Gasteiger partial charge >= 0.3 is 12.2 Å². The van der Waals surface area contributed by atoms with Crippen molar-refractivity contribution in [1.82, 2.24) is 15.1 Å². The summed E-state index contributed by atoms with van der Waals surface area (Å²) in [5.41, 5.74) is -1.64. The minimum absolute atomic E-state index is 0.0703. The fourth-order valence-corrected chi connectivity index (χ4v) is 2.74. The minimum Gasteiger partial charge on any atom is -0.350 e. The third-order valence-electron chi connectivity index (χ3n) is 3.75. The summed E-state index contributed by atoms with van der Waals surface area (Å²) >= 11 is 5.63. The van der Waals surface area contributed by atoms with Crippen LogP contribution < -0.4 is 5.32 Å².